The van der Waals surface area contributed by atoms with Crippen LogP contribution in [-0.2, 0) is 32.0 Å². The van der Waals surface area contributed by atoms with Gasteiger partial charge in [-0.1, -0.05) is 49.2 Å². The summed E-state index contributed by atoms with van der Waals surface area (Å²) < 4.78 is 77.2. The van der Waals surface area contributed by atoms with Crippen LogP contribution in [0.2, 0.25) is 10.0 Å². The van der Waals surface area contributed by atoms with E-state index in [4.69, 9.17) is 32.7 Å². The van der Waals surface area contributed by atoms with Gasteiger partial charge in [-0.25, -0.2) is 0 Å². The summed E-state index contributed by atoms with van der Waals surface area (Å²) in [7, 11) is 2.78. The number of carbonyl (C=O) groups is 4. The van der Waals surface area contributed by atoms with Crippen LogP contribution < -0.4 is 25.4 Å². The minimum atomic E-state index is -5.00. The third-order valence-corrected chi connectivity index (χ3v) is 7.19. The van der Waals surface area contributed by atoms with Crippen molar-refractivity contribution in [3.63, 3.8) is 0 Å². The Morgan fingerprint density at radius 1 is 0.844 bits per heavy atom. The van der Waals surface area contributed by atoms with Crippen molar-refractivity contribution in [2.75, 3.05) is 20.8 Å². The number of hydrogen-bond acceptors (Lipinski definition) is 6. The molecular formula is C29H32Cl2F5N3O6. The van der Waals surface area contributed by atoms with Gasteiger partial charge in [0.25, 0.3) is 5.91 Å². The summed E-state index contributed by atoms with van der Waals surface area (Å²) in [5.74, 6) is -11.6. The van der Waals surface area contributed by atoms with Gasteiger partial charge in [0.15, 0.2) is 11.5 Å². The lowest BCUT2D eigenvalue weighted by molar-refractivity contribution is -0.165. The standard InChI is InChI=1S/C29H32Cl2F5N3O6/c1-15(2)24(25(41)29(35,36)27(43)37-14-28(32,33)34)39-26(42)20(12-17-6-9-21(44-3)22(13-17)45-4)38-23(40)10-7-16-5-8-18(30)19(31)11-16/h5-6,8-9,11,13,15,20,24H,7,10,12,14H2,1-4H3,(H,37,43)(H,38,40)(H,39,42)/t20?,24-/m0/s1. The fourth-order valence-electron chi connectivity index (χ4n) is 4.06. The van der Waals surface area contributed by atoms with Crippen molar-refractivity contribution in [2.24, 2.45) is 5.92 Å². The summed E-state index contributed by atoms with van der Waals surface area (Å²) in [6.07, 6.45) is -5.14. The van der Waals surface area contributed by atoms with E-state index in [0.717, 1.165) is 5.32 Å². The molecule has 0 aliphatic carbocycles. The molecule has 0 aromatic heterocycles. The third kappa shape index (κ3) is 11.0. The number of ether oxygens (including phenoxy) is 2. The Kier molecular flexibility index (Phi) is 13.4. The molecule has 0 spiro atoms. The van der Waals surface area contributed by atoms with E-state index in [-0.39, 0.29) is 24.3 Å². The molecule has 0 saturated carbocycles. The molecule has 0 saturated heterocycles. The molecule has 1 unspecified atom stereocenters. The van der Waals surface area contributed by atoms with Crippen molar-refractivity contribution < 1.29 is 50.6 Å². The number of benzene rings is 2. The van der Waals surface area contributed by atoms with Crippen LogP contribution in [0.1, 0.15) is 31.4 Å². The zero-order valence-corrected chi connectivity index (χ0v) is 26.1. The van der Waals surface area contributed by atoms with Crippen LogP contribution in [0.25, 0.3) is 0 Å². The maximum Gasteiger partial charge on any atom is 0.405 e. The summed E-state index contributed by atoms with van der Waals surface area (Å²) in [5, 5.41) is 6.23. The summed E-state index contributed by atoms with van der Waals surface area (Å²) in [4.78, 5) is 50.9. The van der Waals surface area contributed by atoms with Gasteiger partial charge in [-0.05, 0) is 47.7 Å². The Labute approximate surface area is 266 Å². The number of nitrogens with one attached hydrogen (secondary N) is 3. The highest BCUT2D eigenvalue weighted by Gasteiger charge is 2.52. The summed E-state index contributed by atoms with van der Waals surface area (Å²) in [6.45, 7) is 0.479. The van der Waals surface area contributed by atoms with Gasteiger partial charge in [-0.3, -0.25) is 19.2 Å². The van der Waals surface area contributed by atoms with Gasteiger partial charge in [-0.2, -0.15) is 22.0 Å². The number of carbonyl (C=O) groups excluding carboxylic acids is 4. The van der Waals surface area contributed by atoms with Gasteiger partial charge in [0, 0.05) is 12.8 Å². The molecule has 2 aromatic carbocycles. The van der Waals surface area contributed by atoms with E-state index >= 15 is 0 Å². The Hall–Kier alpha value is -3.65. The number of halogens is 7. The first-order valence-electron chi connectivity index (χ1n) is 13.4. The molecule has 16 heteroatoms. The van der Waals surface area contributed by atoms with Crippen molar-refractivity contribution >= 4 is 46.7 Å². The molecule has 2 rings (SSSR count). The smallest absolute Gasteiger partial charge is 0.405 e. The van der Waals surface area contributed by atoms with E-state index < -0.39 is 60.1 Å². The van der Waals surface area contributed by atoms with E-state index in [9.17, 15) is 41.1 Å². The molecule has 0 aliphatic heterocycles. The zero-order valence-electron chi connectivity index (χ0n) is 24.6. The minimum absolute atomic E-state index is 0.127. The Morgan fingerprint density at radius 2 is 1.47 bits per heavy atom. The predicted octanol–water partition coefficient (Wildman–Crippen LogP) is 4.69. The van der Waals surface area contributed by atoms with Crippen molar-refractivity contribution in [1.82, 2.24) is 16.0 Å². The average molecular weight is 684 g/mol. The molecule has 248 valence electrons. The van der Waals surface area contributed by atoms with E-state index in [1.165, 1.54) is 40.2 Å². The van der Waals surface area contributed by atoms with Gasteiger partial charge in [-0.15, -0.1) is 0 Å². The fourth-order valence-corrected chi connectivity index (χ4v) is 4.38. The van der Waals surface area contributed by atoms with Crippen LogP contribution in [0, 0.1) is 5.92 Å². The second-order valence-corrected chi connectivity index (χ2v) is 11.0. The lowest BCUT2D eigenvalue weighted by Gasteiger charge is -2.27. The van der Waals surface area contributed by atoms with Crippen LogP contribution >= 0.6 is 23.2 Å². The number of Topliss-reactive ketones (excluding diaryl/α,β-unsaturated/α-hetero) is 1. The number of methoxy groups -OCH3 is 2. The SMILES string of the molecule is COc1ccc(CC(NC(=O)CCc2ccc(Cl)c(Cl)c2)C(=O)N[C@H](C(=O)C(F)(F)C(=O)NCC(F)(F)F)C(C)C)cc1OC. The van der Waals surface area contributed by atoms with Crippen LogP contribution in [0.15, 0.2) is 36.4 Å². The Bertz CT molecular complexity index is 1390. The second-order valence-electron chi connectivity index (χ2n) is 10.2. The van der Waals surface area contributed by atoms with Crippen LogP contribution in [-0.4, -0.2) is 68.5 Å². The van der Waals surface area contributed by atoms with Crippen molar-refractivity contribution in [1.29, 1.82) is 0 Å². The molecule has 9 nitrogen and oxygen atoms in total. The lowest BCUT2D eigenvalue weighted by Crippen LogP contribution is -2.59. The summed E-state index contributed by atoms with van der Waals surface area (Å²) in [5.41, 5.74) is 1.11. The van der Waals surface area contributed by atoms with Gasteiger partial charge in [0.2, 0.25) is 17.6 Å². The molecule has 0 heterocycles. The van der Waals surface area contributed by atoms with Crippen LogP contribution in [0.5, 0.6) is 11.5 Å². The molecule has 3 amide bonds. The van der Waals surface area contributed by atoms with E-state index in [0.29, 0.717) is 27.6 Å². The van der Waals surface area contributed by atoms with Gasteiger partial charge >= 0.3 is 12.1 Å². The average Bonchev–Trinajstić information content (AvgIpc) is 2.97. The molecule has 0 radical (unpaired) electrons. The van der Waals surface area contributed by atoms with E-state index in [2.05, 4.69) is 10.6 Å². The number of rotatable bonds is 15. The molecule has 45 heavy (non-hydrogen) atoms. The first kappa shape index (κ1) is 37.5. The largest absolute Gasteiger partial charge is 0.493 e. The molecule has 2 atom stereocenters. The van der Waals surface area contributed by atoms with Crippen molar-refractivity contribution in [2.45, 2.75) is 57.3 Å². The number of alkyl halides is 5. The highest BCUT2D eigenvalue weighted by molar-refractivity contribution is 6.42. The number of aryl methyl sites for hydroxylation is 1. The molecule has 0 fully saturated rings. The van der Waals surface area contributed by atoms with E-state index in [1.807, 2.05) is 0 Å². The topological polar surface area (TPSA) is 123 Å². The highest BCUT2D eigenvalue weighted by atomic mass is 35.5. The molecule has 0 aliphatic rings. The van der Waals surface area contributed by atoms with Gasteiger partial charge in [0.05, 0.1) is 30.3 Å². The van der Waals surface area contributed by atoms with Crippen molar-refractivity contribution in [3.8, 4) is 11.5 Å². The molecule has 3 N–H and O–H groups in total. The first-order chi connectivity index (χ1) is 20.9. The quantitative estimate of drug-likeness (QED) is 0.185. The maximum absolute atomic E-state index is 14.7. The zero-order chi connectivity index (χ0) is 34.1. The minimum Gasteiger partial charge on any atom is -0.493 e. The van der Waals surface area contributed by atoms with Crippen LogP contribution in [0.3, 0.4) is 0 Å². The number of ketones is 1. The van der Waals surface area contributed by atoms with Crippen LogP contribution in [0.4, 0.5) is 22.0 Å². The third-order valence-electron chi connectivity index (χ3n) is 6.46. The highest BCUT2D eigenvalue weighted by Crippen LogP contribution is 2.28. The van der Waals surface area contributed by atoms with Crippen molar-refractivity contribution in [3.05, 3.63) is 57.6 Å². The second kappa shape index (κ2) is 16.1. The first-order valence-corrected chi connectivity index (χ1v) is 14.2. The molecule has 2 aromatic rings. The molecule has 0 bridgehead atoms. The fraction of sp³-hybridized carbons (Fsp3) is 0.448. The summed E-state index contributed by atoms with van der Waals surface area (Å²) >= 11 is 11.9. The summed E-state index contributed by atoms with van der Waals surface area (Å²) in [6, 6.07) is 5.95. The van der Waals surface area contributed by atoms with Gasteiger partial charge < -0.3 is 25.4 Å². The Morgan fingerprint density at radius 3 is 2.02 bits per heavy atom. The van der Waals surface area contributed by atoms with E-state index in [1.54, 1.807) is 24.3 Å². The number of hydrogen-bond donors (Lipinski definition) is 3. The predicted molar refractivity (Wildman–Crippen MR) is 156 cm³/mol. The lowest BCUT2D eigenvalue weighted by atomic mass is 9.94. The normalized spacial score (nSPS) is 13.1. The Balaban J connectivity index is 2.31. The number of amides is 3. The monoisotopic (exact) mass is 683 g/mol. The van der Waals surface area contributed by atoms with Gasteiger partial charge in [0.1, 0.15) is 12.6 Å². The molecular weight excluding hydrogens is 652 g/mol. The maximum atomic E-state index is 14.7.